The molecule has 0 spiro atoms. The zero-order valence-electron chi connectivity index (χ0n) is 24.7. The third-order valence-corrected chi connectivity index (χ3v) is 5.89. The molecule has 3 aliphatic rings. The lowest BCUT2D eigenvalue weighted by molar-refractivity contribution is -0.139. The molecule has 3 atom stereocenters. The van der Waals surface area contributed by atoms with E-state index in [1.165, 1.54) is 24.2 Å². The summed E-state index contributed by atoms with van der Waals surface area (Å²) in [5.74, 6) is 0.366. The standard InChI is InChI=1S/C11H16N2O3.C11H18N2O2.C4H10.C3H8/c1-3-10(15)12-6-11(16)13-5-4-8(2)9(13)7-14;1-12-9(6-7-2-3-7)10(14)11(15)13-8-4-5-8;1-4(2)3;1-3-2/h3,7-9H,1,4-6H2,2H3,(H,12,15);7-9,12H,2-6H2,1H3,(H,13,15);4H,1-3H3;3H2,1-2H3. The zero-order chi connectivity index (χ0) is 29.3. The first-order chi connectivity index (χ1) is 17.9. The average Bonchev–Trinajstić information content (AvgIpc) is 3.80. The third-order valence-electron chi connectivity index (χ3n) is 5.89. The first-order valence-corrected chi connectivity index (χ1v) is 14.1. The van der Waals surface area contributed by atoms with E-state index in [1.807, 2.05) is 6.92 Å². The molecular weight excluding hydrogens is 484 g/mol. The van der Waals surface area contributed by atoms with Gasteiger partial charge in [0.15, 0.2) is 0 Å². The van der Waals surface area contributed by atoms with Gasteiger partial charge in [0, 0.05) is 12.6 Å². The summed E-state index contributed by atoms with van der Waals surface area (Å²) in [6.07, 6.45) is 9.24. The highest BCUT2D eigenvalue weighted by Crippen LogP contribution is 2.33. The molecule has 3 amide bonds. The summed E-state index contributed by atoms with van der Waals surface area (Å²) >= 11 is 0. The number of hydrogen-bond donors (Lipinski definition) is 3. The van der Waals surface area contributed by atoms with Crippen molar-refractivity contribution in [3.05, 3.63) is 12.7 Å². The molecule has 9 heteroatoms. The molecule has 0 bridgehead atoms. The zero-order valence-corrected chi connectivity index (χ0v) is 24.7. The molecule has 3 unspecified atom stereocenters. The number of Topliss-reactive ketones (excluding diaryl/α,β-unsaturated/α-hetero) is 1. The predicted molar refractivity (Wildman–Crippen MR) is 151 cm³/mol. The van der Waals surface area contributed by atoms with Gasteiger partial charge in [0.25, 0.3) is 5.91 Å². The van der Waals surface area contributed by atoms with Gasteiger partial charge in [-0.05, 0) is 56.6 Å². The molecule has 1 aliphatic heterocycles. The molecule has 38 heavy (non-hydrogen) atoms. The second-order valence-electron chi connectivity index (χ2n) is 11.0. The summed E-state index contributed by atoms with van der Waals surface area (Å²) in [5, 5.41) is 8.08. The topological polar surface area (TPSA) is 125 Å². The van der Waals surface area contributed by atoms with E-state index in [0.29, 0.717) is 12.5 Å². The Hall–Kier alpha value is -2.55. The molecule has 0 aromatic rings. The highest BCUT2D eigenvalue weighted by molar-refractivity contribution is 6.38. The minimum Gasteiger partial charge on any atom is -0.347 e. The van der Waals surface area contributed by atoms with E-state index in [1.54, 1.807) is 7.05 Å². The Morgan fingerprint density at radius 2 is 1.58 bits per heavy atom. The van der Waals surface area contributed by atoms with E-state index in [9.17, 15) is 24.0 Å². The molecule has 2 aliphatic carbocycles. The minimum atomic E-state index is -0.405. The Morgan fingerprint density at radius 3 is 2.00 bits per heavy atom. The fourth-order valence-electron chi connectivity index (χ4n) is 3.49. The van der Waals surface area contributed by atoms with Gasteiger partial charge in [0.2, 0.25) is 17.6 Å². The summed E-state index contributed by atoms with van der Waals surface area (Å²) in [7, 11) is 1.75. The number of likely N-dealkylation sites (tertiary alicyclic amines) is 1. The number of nitrogens with one attached hydrogen (secondary N) is 3. The Bertz CT molecular complexity index is 759. The number of carbonyl (C=O) groups excluding carboxylic acids is 5. The maximum absolute atomic E-state index is 11.7. The van der Waals surface area contributed by atoms with Crippen molar-refractivity contribution in [2.45, 2.75) is 105 Å². The number of ketones is 1. The quantitative estimate of drug-likeness (QED) is 0.224. The van der Waals surface area contributed by atoms with Crippen LogP contribution in [0.2, 0.25) is 0 Å². The van der Waals surface area contributed by atoms with E-state index < -0.39 is 5.91 Å². The summed E-state index contributed by atoms with van der Waals surface area (Å²) in [5.41, 5.74) is 0. The normalized spacial score (nSPS) is 20.3. The molecule has 3 fully saturated rings. The van der Waals surface area contributed by atoms with Crippen LogP contribution in [0.25, 0.3) is 0 Å². The number of nitrogens with zero attached hydrogens (tertiary/aromatic N) is 1. The molecule has 3 N–H and O–H groups in total. The first-order valence-electron chi connectivity index (χ1n) is 14.1. The largest absolute Gasteiger partial charge is 0.347 e. The highest BCUT2D eigenvalue weighted by atomic mass is 16.2. The number of aldehydes is 1. The minimum absolute atomic E-state index is 0.0814. The highest BCUT2D eigenvalue weighted by Gasteiger charge is 2.34. The van der Waals surface area contributed by atoms with Crippen molar-refractivity contribution in [3.8, 4) is 0 Å². The van der Waals surface area contributed by atoms with E-state index in [2.05, 4.69) is 57.1 Å². The van der Waals surface area contributed by atoms with Crippen LogP contribution >= 0.6 is 0 Å². The SMILES string of the molecule is C=CC(=O)NCC(=O)N1CCC(C)C1C=O.CC(C)C.CCC.CNC(CC1CC1)C(=O)C(=O)NC1CC1. The lowest BCUT2D eigenvalue weighted by Gasteiger charge is -2.22. The van der Waals surface area contributed by atoms with Crippen LogP contribution in [0.5, 0.6) is 0 Å². The van der Waals surface area contributed by atoms with Gasteiger partial charge in [-0.1, -0.05) is 67.4 Å². The summed E-state index contributed by atoms with van der Waals surface area (Å²) in [6.45, 7) is 16.5. The molecule has 0 aromatic carbocycles. The van der Waals surface area contributed by atoms with Crippen LogP contribution in [0.4, 0.5) is 0 Å². The number of hydrogen-bond acceptors (Lipinski definition) is 6. The summed E-state index contributed by atoms with van der Waals surface area (Å²) in [6, 6.07) is -0.371. The van der Waals surface area contributed by atoms with E-state index in [0.717, 1.165) is 44.0 Å². The smallest absolute Gasteiger partial charge is 0.289 e. The van der Waals surface area contributed by atoms with Crippen LogP contribution in [-0.4, -0.2) is 73.0 Å². The lowest BCUT2D eigenvalue weighted by atomic mass is 10.0. The molecular formula is C29H52N4O5. The van der Waals surface area contributed by atoms with Crippen molar-refractivity contribution in [1.82, 2.24) is 20.9 Å². The number of likely N-dealkylation sites (N-methyl/N-ethyl adjacent to an activating group) is 1. The molecule has 1 heterocycles. The van der Waals surface area contributed by atoms with Crippen LogP contribution in [0.1, 0.15) is 86.5 Å². The van der Waals surface area contributed by atoms with Crippen molar-refractivity contribution < 1.29 is 24.0 Å². The number of amides is 3. The Labute approximate surface area is 229 Å². The van der Waals surface area contributed by atoms with Crippen LogP contribution < -0.4 is 16.0 Å². The Kier molecular flexibility index (Phi) is 18.2. The first kappa shape index (κ1) is 35.5. The van der Waals surface area contributed by atoms with Crippen molar-refractivity contribution in [2.24, 2.45) is 17.8 Å². The number of rotatable bonds is 10. The molecule has 1 saturated heterocycles. The van der Waals surface area contributed by atoms with Gasteiger partial charge in [-0.2, -0.15) is 0 Å². The Morgan fingerprint density at radius 1 is 1.03 bits per heavy atom. The second-order valence-corrected chi connectivity index (χ2v) is 11.0. The molecule has 2 saturated carbocycles. The summed E-state index contributed by atoms with van der Waals surface area (Å²) < 4.78 is 0. The predicted octanol–water partition coefficient (Wildman–Crippen LogP) is 3.03. The maximum atomic E-state index is 11.7. The molecule has 0 aromatic heterocycles. The van der Waals surface area contributed by atoms with Gasteiger partial charge in [0.05, 0.1) is 18.6 Å². The Balaban J connectivity index is 0.000000580. The van der Waals surface area contributed by atoms with Gasteiger partial charge in [-0.3, -0.25) is 19.2 Å². The van der Waals surface area contributed by atoms with Crippen LogP contribution in [-0.2, 0) is 24.0 Å². The fourth-order valence-corrected chi connectivity index (χ4v) is 3.49. The molecule has 9 nitrogen and oxygen atoms in total. The van der Waals surface area contributed by atoms with Crippen molar-refractivity contribution in [2.75, 3.05) is 20.1 Å². The van der Waals surface area contributed by atoms with E-state index in [4.69, 9.17) is 0 Å². The monoisotopic (exact) mass is 536 g/mol. The van der Waals surface area contributed by atoms with Gasteiger partial charge in [-0.25, -0.2) is 0 Å². The van der Waals surface area contributed by atoms with Crippen LogP contribution in [0.3, 0.4) is 0 Å². The maximum Gasteiger partial charge on any atom is 0.289 e. The van der Waals surface area contributed by atoms with Gasteiger partial charge in [0.1, 0.15) is 6.29 Å². The fraction of sp³-hybridized carbons (Fsp3) is 0.759. The van der Waals surface area contributed by atoms with Crippen LogP contribution in [0.15, 0.2) is 12.7 Å². The van der Waals surface area contributed by atoms with E-state index >= 15 is 0 Å². The van der Waals surface area contributed by atoms with Crippen molar-refractivity contribution in [1.29, 1.82) is 0 Å². The third kappa shape index (κ3) is 15.6. The van der Waals surface area contributed by atoms with Gasteiger partial charge >= 0.3 is 0 Å². The molecule has 218 valence electrons. The summed E-state index contributed by atoms with van der Waals surface area (Å²) in [4.78, 5) is 58.1. The molecule has 3 rings (SSSR count). The van der Waals surface area contributed by atoms with Gasteiger partial charge < -0.3 is 25.6 Å². The number of carbonyl (C=O) groups is 5. The van der Waals surface area contributed by atoms with Crippen LogP contribution in [0, 0.1) is 17.8 Å². The lowest BCUT2D eigenvalue weighted by Crippen LogP contribution is -2.44. The van der Waals surface area contributed by atoms with Crippen molar-refractivity contribution in [3.63, 3.8) is 0 Å². The van der Waals surface area contributed by atoms with E-state index in [-0.39, 0.29) is 48.2 Å². The second kappa shape index (κ2) is 19.5. The average molecular weight is 537 g/mol. The molecule has 0 radical (unpaired) electrons. The van der Waals surface area contributed by atoms with Crippen molar-refractivity contribution >= 4 is 29.8 Å². The van der Waals surface area contributed by atoms with Gasteiger partial charge in [-0.15, -0.1) is 0 Å².